The molecule has 126 valence electrons. The molecule has 0 spiro atoms. The highest BCUT2D eigenvalue weighted by molar-refractivity contribution is 7.21. The summed E-state index contributed by atoms with van der Waals surface area (Å²) in [5.41, 5.74) is 1.29. The molecule has 0 aliphatic carbocycles. The summed E-state index contributed by atoms with van der Waals surface area (Å²) in [5.74, 6) is 0.319. The zero-order valence-electron chi connectivity index (χ0n) is 13.8. The van der Waals surface area contributed by atoms with Crippen molar-refractivity contribution < 1.29 is 4.79 Å². The van der Waals surface area contributed by atoms with Crippen molar-refractivity contribution in [3.05, 3.63) is 37.7 Å². The van der Waals surface area contributed by atoms with Crippen LogP contribution in [0.15, 0.2) is 10.2 Å². The summed E-state index contributed by atoms with van der Waals surface area (Å²) < 4.78 is 0. The summed E-state index contributed by atoms with van der Waals surface area (Å²) in [6.45, 7) is 4.16. The average molecular weight is 363 g/mol. The van der Waals surface area contributed by atoms with Crippen molar-refractivity contribution >= 4 is 43.9 Å². The first-order valence-corrected chi connectivity index (χ1v) is 8.95. The summed E-state index contributed by atoms with van der Waals surface area (Å²) in [7, 11) is 3.80. The van der Waals surface area contributed by atoms with Gasteiger partial charge in [-0.3, -0.25) is 14.9 Å². The molecule has 3 heterocycles. The van der Waals surface area contributed by atoms with Crippen LogP contribution in [0.1, 0.15) is 26.8 Å². The first-order valence-electron chi connectivity index (χ1n) is 7.25. The fourth-order valence-electron chi connectivity index (χ4n) is 2.34. The van der Waals surface area contributed by atoms with E-state index in [1.807, 2.05) is 31.3 Å². The number of thiophene rings is 1. The Morgan fingerprint density at radius 3 is 2.71 bits per heavy atom. The number of nitrogens with one attached hydrogen (secondary N) is 2. The maximum absolute atomic E-state index is 12.5. The molecule has 7 nitrogen and oxygen atoms in total. The molecular formula is C15H17N5O2S2. The Bertz CT molecular complexity index is 970. The zero-order valence-corrected chi connectivity index (χ0v) is 15.4. The Hall–Kier alpha value is -2.10. The molecule has 0 bridgehead atoms. The summed E-state index contributed by atoms with van der Waals surface area (Å²) >= 11 is 2.60. The van der Waals surface area contributed by atoms with Gasteiger partial charge in [-0.15, -0.1) is 22.7 Å². The standard InChI is InChI=1S/C15H17N5O2S2/c1-7-6-23-15(16-7)19-13(22)11-8(2)10-12(21)17-9(5-20(3)4)18-14(10)24-11/h6H,5H2,1-4H3,(H,16,19,22)(H,17,18,21). The van der Waals surface area contributed by atoms with Crippen LogP contribution in [0.5, 0.6) is 0 Å². The molecule has 24 heavy (non-hydrogen) atoms. The Morgan fingerprint density at radius 1 is 1.33 bits per heavy atom. The number of fused-ring (bicyclic) bond motifs is 1. The van der Waals surface area contributed by atoms with Crippen LogP contribution in [0.4, 0.5) is 5.13 Å². The number of aromatic nitrogens is 3. The van der Waals surface area contributed by atoms with Gasteiger partial charge >= 0.3 is 0 Å². The van der Waals surface area contributed by atoms with Crippen molar-refractivity contribution in [1.82, 2.24) is 19.9 Å². The molecule has 0 saturated carbocycles. The molecule has 3 aromatic rings. The zero-order chi connectivity index (χ0) is 17.4. The van der Waals surface area contributed by atoms with E-state index in [9.17, 15) is 9.59 Å². The normalized spacial score (nSPS) is 11.4. The SMILES string of the molecule is Cc1csc(NC(=O)c2sc3nc(CN(C)C)[nH]c(=O)c3c2C)n1. The Balaban J connectivity index is 1.99. The van der Waals surface area contributed by atoms with Gasteiger partial charge in [0.2, 0.25) is 0 Å². The minimum absolute atomic E-state index is 0.213. The highest BCUT2D eigenvalue weighted by Gasteiger charge is 2.20. The van der Waals surface area contributed by atoms with E-state index in [1.54, 1.807) is 6.92 Å². The molecule has 0 saturated heterocycles. The van der Waals surface area contributed by atoms with E-state index in [-0.39, 0.29) is 11.5 Å². The molecule has 1 amide bonds. The number of hydrogen-bond donors (Lipinski definition) is 2. The summed E-state index contributed by atoms with van der Waals surface area (Å²) in [5, 5.41) is 5.67. The molecule has 9 heteroatoms. The van der Waals surface area contributed by atoms with Crippen molar-refractivity contribution in [2.24, 2.45) is 0 Å². The monoisotopic (exact) mass is 363 g/mol. The third kappa shape index (κ3) is 3.23. The van der Waals surface area contributed by atoms with Crippen LogP contribution in [0.3, 0.4) is 0 Å². The van der Waals surface area contributed by atoms with Crippen molar-refractivity contribution in [2.75, 3.05) is 19.4 Å². The molecule has 0 aromatic carbocycles. The van der Waals surface area contributed by atoms with Crippen LogP contribution in [0.2, 0.25) is 0 Å². The fourth-order valence-corrected chi connectivity index (χ4v) is 4.12. The van der Waals surface area contributed by atoms with Crippen LogP contribution in [-0.2, 0) is 6.54 Å². The van der Waals surface area contributed by atoms with Gasteiger partial charge in [0.25, 0.3) is 11.5 Å². The van der Waals surface area contributed by atoms with E-state index in [1.165, 1.54) is 22.7 Å². The van der Waals surface area contributed by atoms with E-state index in [4.69, 9.17) is 0 Å². The van der Waals surface area contributed by atoms with E-state index < -0.39 is 0 Å². The molecule has 0 atom stereocenters. The first kappa shape index (κ1) is 16.7. The Labute approximate surface area is 146 Å². The number of carbonyl (C=O) groups is 1. The van der Waals surface area contributed by atoms with Gasteiger partial charge in [-0.1, -0.05) is 0 Å². The second-order valence-corrected chi connectivity index (χ2v) is 7.59. The topological polar surface area (TPSA) is 91.0 Å². The predicted octanol–water partition coefficient (Wildman–Crippen LogP) is 2.37. The number of nitrogens with zero attached hydrogens (tertiary/aromatic N) is 3. The van der Waals surface area contributed by atoms with Crippen LogP contribution in [0.25, 0.3) is 10.2 Å². The van der Waals surface area contributed by atoms with Crippen molar-refractivity contribution in [2.45, 2.75) is 20.4 Å². The van der Waals surface area contributed by atoms with Crippen LogP contribution in [0, 0.1) is 13.8 Å². The van der Waals surface area contributed by atoms with E-state index in [0.29, 0.717) is 38.2 Å². The van der Waals surface area contributed by atoms with E-state index in [2.05, 4.69) is 20.3 Å². The summed E-state index contributed by atoms with van der Waals surface area (Å²) in [4.78, 5) is 39.3. The number of carbonyl (C=O) groups excluding carboxylic acids is 1. The van der Waals surface area contributed by atoms with Crippen molar-refractivity contribution in [3.63, 3.8) is 0 Å². The van der Waals surface area contributed by atoms with Gasteiger partial charge in [0.05, 0.1) is 22.5 Å². The van der Waals surface area contributed by atoms with Gasteiger partial charge in [-0.25, -0.2) is 9.97 Å². The van der Waals surface area contributed by atoms with Gasteiger partial charge in [0.1, 0.15) is 10.7 Å². The molecule has 0 radical (unpaired) electrons. The third-order valence-electron chi connectivity index (χ3n) is 3.36. The smallest absolute Gasteiger partial charge is 0.267 e. The number of amides is 1. The van der Waals surface area contributed by atoms with Gasteiger partial charge in [-0.05, 0) is 33.5 Å². The highest BCUT2D eigenvalue weighted by Crippen LogP contribution is 2.28. The minimum Gasteiger partial charge on any atom is -0.309 e. The molecular weight excluding hydrogens is 346 g/mol. The Kier molecular flexibility index (Phi) is 4.48. The maximum Gasteiger partial charge on any atom is 0.267 e. The second kappa shape index (κ2) is 6.42. The minimum atomic E-state index is -0.265. The molecule has 0 fully saturated rings. The number of hydrogen-bond acceptors (Lipinski definition) is 7. The average Bonchev–Trinajstić information content (AvgIpc) is 3.02. The summed E-state index contributed by atoms with van der Waals surface area (Å²) in [6.07, 6.45) is 0. The fraction of sp³-hybridized carbons (Fsp3) is 0.333. The first-order chi connectivity index (χ1) is 11.3. The number of anilines is 1. The predicted molar refractivity (Wildman–Crippen MR) is 97.2 cm³/mol. The van der Waals surface area contributed by atoms with Crippen molar-refractivity contribution in [1.29, 1.82) is 0 Å². The number of aryl methyl sites for hydroxylation is 2. The van der Waals surface area contributed by atoms with Crippen molar-refractivity contribution in [3.8, 4) is 0 Å². The molecule has 0 unspecified atom stereocenters. The quantitative estimate of drug-likeness (QED) is 0.743. The molecule has 3 rings (SSSR count). The highest BCUT2D eigenvalue weighted by atomic mass is 32.1. The lowest BCUT2D eigenvalue weighted by Gasteiger charge is -2.07. The van der Waals surface area contributed by atoms with Crippen LogP contribution < -0.4 is 10.9 Å². The van der Waals surface area contributed by atoms with E-state index in [0.717, 1.165) is 5.69 Å². The lowest BCUT2D eigenvalue weighted by Crippen LogP contribution is -2.18. The third-order valence-corrected chi connectivity index (χ3v) is 5.42. The lowest BCUT2D eigenvalue weighted by atomic mass is 10.2. The molecule has 2 N–H and O–H groups in total. The molecule has 3 aromatic heterocycles. The van der Waals surface area contributed by atoms with Gasteiger partial charge in [0.15, 0.2) is 5.13 Å². The van der Waals surface area contributed by atoms with Gasteiger partial charge in [-0.2, -0.15) is 0 Å². The summed E-state index contributed by atoms with van der Waals surface area (Å²) in [6, 6.07) is 0. The Morgan fingerprint density at radius 2 is 2.08 bits per heavy atom. The molecule has 0 aliphatic rings. The van der Waals surface area contributed by atoms with E-state index >= 15 is 0 Å². The van der Waals surface area contributed by atoms with Crippen LogP contribution >= 0.6 is 22.7 Å². The molecule has 0 aliphatic heterocycles. The maximum atomic E-state index is 12.5. The van der Waals surface area contributed by atoms with Gasteiger partial charge in [0, 0.05) is 5.38 Å². The second-order valence-electron chi connectivity index (χ2n) is 5.73. The van der Waals surface area contributed by atoms with Crippen LogP contribution in [-0.4, -0.2) is 39.9 Å². The van der Waals surface area contributed by atoms with Gasteiger partial charge < -0.3 is 9.88 Å². The lowest BCUT2D eigenvalue weighted by molar-refractivity contribution is 0.103. The number of aromatic amines is 1. The largest absolute Gasteiger partial charge is 0.309 e. The number of rotatable bonds is 4. The number of thiazole rings is 1. The number of H-pyrrole nitrogens is 1.